The molecule has 0 atom stereocenters. The van der Waals surface area contributed by atoms with Crippen molar-refractivity contribution in [3.05, 3.63) is 64.1 Å². The molecular weight excluding hydrogens is 320 g/mol. The number of aromatic nitrogens is 1. The Labute approximate surface area is 145 Å². The van der Waals surface area contributed by atoms with Crippen LogP contribution in [0.3, 0.4) is 0 Å². The van der Waals surface area contributed by atoms with Crippen LogP contribution >= 0.6 is 0 Å². The first-order chi connectivity index (χ1) is 12.0. The van der Waals surface area contributed by atoms with Crippen molar-refractivity contribution >= 4 is 17.0 Å². The fraction of sp³-hybridized carbons (Fsp3) is 0.263. The minimum Gasteiger partial charge on any atom is -0.484 e. The lowest BCUT2D eigenvalue weighted by molar-refractivity contribution is -0.123. The second-order valence-electron chi connectivity index (χ2n) is 5.93. The van der Waals surface area contributed by atoms with E-state index < -0.39 is 0 Å². The molecule has 0 aliphatic carbocycles. The smallest absolute Gasteiger partial charge is 0.419 e. The molecular formula is C19H20N2O4. The van der Waals surface area contributed by atoms with Crippen LogP contribution in [0.25, 0.3) is 11.1 Å². The van der Waals surface area contributed by atoms with Crippen molar-refractivity contribution in [3.8, 4) is 5.75 Å². The van der Waals surface area contributed by atoms with Gasteiger partial charge in [0.1, 0.15) is 5.75 Å². The number of hydrogen-bond acceptors (Lipinski definition) is 4. The van der Waals surface area contributed by atoms with Gasteiger partial charge in [0, 0.05) is 13.6 Å². The van der Waals surface area contributed by atoms with E-state index in [1.165, 1.54) is 4.57 Å². The summed E-state index contributed by atoms with van der Waals surface area (Å²) in [4.78, 5) is 23.4. The van der Waals surface area contributed by atoms with Crippen LogP contribution in [-0.4, -0.2) is 23.6 Å². The number of amides is 1. The standard InChI is InChI=1S/C19H20N2O4/c1-13-4-3-5-15(10-13)24-12-18(22)20-9-8-14-6-7-17-16(11-14)21(2)19(23)25-17/h3-7,10-11H,8-9,12H2,1-2H3,(H,20,22). The van der Waals surface area contributed by atoms with Gasteiger partial charge in [-0.15, -0.1) is 0 Å². The number of hydrogen-bond donors (Lipinski definition) is 1. The molecule has 0 fully saturated rings. The second kappa shape index (κ2) is 7.25. The van der Waals surface area contributed by atoms with Gasteiger partial charge >= 0.3 is 5.76 Å². The zero-order valence-electron chi connectivity index (χ0n) is 14.2. The third-order valence-electron chi connectivity index (χ3n) is 3.95. The molecule has 25 heavy (non-hydrogen) atoms. The number of oxazole rings is 1. The Morgan fingerprint density at radius 3 is 2.88 bits per heavy atom. The van der Waals surface area contributed by atoms with Gasteiger partial charge in [-0.05, 0) is 48.7 Å². The van der Waals surface area contributed by atoms with Gasteiger partial charge < -0.3 is 14.5 Å². The van der Waals surface area contributed by atoms with Gasteiger partial charge in [-0.2, -0.15) is 0 Å². The predicted molar refractivity (Wildman–Crippen MR) is 94.8 cm³/mol. The van der Waals surface area contributed by atoms with E-state index in [1.807, 2.05) is 43.3 Å². The number of ether oxygens (including phenoxy) is 1. The number of nitrogens with zero attached hydrogens (tertiary/aromatic N) is 1. The molecule has 0 saturated carbocycles. The van der Waals surface area contributed by atoms with Gasteiger partial charge in [0.15, 0.2) is 12.2 Å². The quantitative estimate of drug-likeness (QED) is 0.746. The SMILES string of the molecule is Cc1cccc(OCC(=O)NCCc2ccc3oc(=O)n(C)c3c2)c1. The molecule has 1 aromatic heterocycles. The molecule has 6 heteroatoms. The van der Waals surface area contributed by atoms with Crippen LogP contribution in [0.1, 0.15) is 11.1 Å². The number of aryl methyl sites for hydroxylation is 2. The molecule has 0 saturated heterocycles. The first kappa shape index (κ1) is 16.8. The van der Waals surface area contributed by atoms with Crippen molar-refractivity contribution in [2.75, 3.05) is 13.2 Å². The summed E-state index contributed by atoms with van der Waals surface area (Å²) in [6.07, 6.45) is 0.658. The van der Waals surface area contributed by atoms with Gasteiger partial charge in [0.2, 0.25) is 0 Å². The minimum atomic E-state index is -0.381. The van der Waals surface area contributed by atoms with Crippen LogP contribution in [0.15, 0.2) is 51.7 Å². The molecule has 1 N–H and O–H groups in total. The molecule has 3 rings (SSSR count). The number of benzene rings is 2. The second-order valence-corrected chi connectivity index (χ2v) is 5.93. The number of carbonyl (C=O) groups is 1. The highest BCUT2D eigenvalue weighted by Crippen LogP contribution is 2.14. The number of carbonyl (C=O) groups excluding carboxylic acids is 1. The van der Waals surface area contributed by atoms with Crippen LogP contribution in [-0.2, 0) is 18.3 Å². The van der Waals surface area contributed by atoms with E-state index in [0.29, 0.717) is 24.3 Å². The zero-order valence-corrected chi connectivity index (χ0v) is 14.2. The lowest BCUT2D eigenvalue weighted by Gasteiger charge is -2.08. The third kappa shape index (κ3) is 4.09. The molecule has 0 aliphatic heterocycles. The maximum Gasteiger partial charge on any atom is 0.419 e. The number of nitrogens with one attached hydrogen (secondary N) is 1. The van der Waals surface area contributed by atoms with Crippen molar-refractivity contribution in [1.29, 1.82) is 0 Å². The van der Waals surface area contributed by atoms with Crippen LogP contribution in [0.5, 0.6) is 5.75 Å². The van der Waals surface area contributed by atoms with E-state index in [0.717, 1.165) is 16.6 Å². The lowest BCUT2D eigenvalue weighted by Crippen LogP contribution is -2.30. The molecule has 6 nitrogen and oxygen atoms in total. The average molecular weight is 340 g/mol. The lowest BCUT2D eigenvalue weighted by atomic mass is 10.1. The summed E-state index contributed by atoms with van der Waals surface area (Å²) in [7, 11) is 1.67. The molecule has 1 amide bonds. The topological polar surface area (TPSA) is 73.5 Å². The number of rotatable bonds is 6. The largest absolute Gasteiger partial charge is 0.484 e. The summed E-state index contributed by atoms with van der Waals surface area (Å²) < 4.78 is 12.0. The molecule has 0 bridgehead atoms. The van der Waals surface area contributed by atoms with Gasteiger partial charge in [0.05, 0.1) is 5.52 Å². The van der Waals surface area contributed by atoms with Crippen LogP contribution in [0.4, 0.5) is 0 Å². The summed E-state index contributed by atoms with van der Waals surface area (Å²) in [6, 6.07) is 13.1. The molecule has 0 spiro atoms. The van der Waals surface area contributed by atoms with E-state index in [9.17, 15) is 9.59 Å². The molecule has 0 aliphatic rings. The Hall–Kier alpha value is -3.02. The van der Waals surface area contributed by atoms with Crippen molar-refractivity contribution in [1.82, 2.24) is 9.88 Å². The van der Waals surface area contributed by atoms with Crippen LogP contribution in [0, 0.1) is 6.92 Å². The molecule has 1 heterocycles. The van der Waals surface area contributed by atoms with E-state index in [2.05, 4.69) is 5.32 Å². The summed E-state index contributed by atoms with van der Waals surface area (Å²) in [6.45, 7) is 2.45. The Morgan fingerprint density at radius 1 is 1.24 bits per heavy atom. The predicted octanol–water partition coefficient (Wildman–Crippen LogP) is 2.18. The Kier molecular flexibility index (Phi) is 4.88. The molecule has 130 valence electrons. The highest BCUT2D eigenvalue weighted by atomic mass is 16.5. The van der Waals surface area contributed by atoms with Crippen molar-refractivity contribution in [2.24, 2.45) is 7.05 Å². The van der Waals surface area contributed by atoms with E-state index in [-0.39, 0.29) is 18.3 Å². The molecule has 2 aromatic carbocycles. The highest BCUT2D eigenvalue weighted by molar-refractivity contribution is 5.77. The maximum atomic E-state index is 11.9. The van der Waals surface area contributed by atoms with Gasteiger partial charge in [-0.3, -0.25) is 9.36 Å². The van der Waals surface area contributed by atoms with Crippen molar-refractivity contribution < 1.29 is 13.9 Å². The summed E-state index contributed by atoms with van der Waals surface area (Å²) in [5.41, 5.74) is 3.41. The first-order valence-electron chi connectivity index (χ1n) is 8.07. The first-order valence-corrected chi connectivity index (χ1v) is 8.07. The third-order valence-corrected chi connectivity index (χ3v) is 3.95. The van der Waals surface area contributed by atoms with E-state index in [1.54, 1.807) is 13.1 Å². The maximum absolute atomic E-state index is 11.9. The fourth-order valence-corrected chi connectivity index (χ4v) is 2.58. The minimum absolute atomic E-state index is 0.0152. The molecule has 0 radical (unpaired) electrons. The van der Waals surface area contributed by atoms with Crippen molar-refractivity contribution in [3.63, 3.8) is 0 Å². The normalized spacial score (nSPS) is 10.8. The van der Waals surface area contributed by atoms with Crippen LogP contribution < -0.4 is 15.8 Å². The van der Waals surface area contributed by atoms with E-state index >= 15 is 0 Å². The van der Waals surface area contributed by atoms with E-state index in [4.69, 9.17) is 9.15 Å². The zero-order chi connectivity index (χ0) is 17.8. The van der Waals surface area contributed by atoms with Gasteiger partial charge in [0.25, 0.3) is 5.91 Å². The van der Waals surface area contributed by atoms with Gasteiger partial charge in [-0.25, -0.2) is 4.79 Å². The molecule has 0 unspecified atom stereocenters. The monoisotopic (exact) mass is 340 g/mol. The number of fused-ring (bicyclic) bond motifs is 1. The molecule has 3 aromatic rings. The Balaban J connectivity index is 1.49. The fourth-order valence-electron chi connectivity index (χ4n) is 2.58. The Morgan fingerprint density at radius 2 is 2.08 bits per heavy atom. The van der Waals surface area contributed by atoms with Crippen molar-refractivity contribution in [2.45, 2.75) is 13.3 Å². The Bertz CT molecular complexity index is 955. The summed E-state index contributed by atoms with van der Waals surface area (Å²) in [5, 5.41) is 2.83. The average Bonchev–Trinajstić information content (AvgIpc) is 2.88. The van der Waals surface area contributed by atoms with Gasteiger partial charge in [-0.1, -0.05) is 18.2 Å². The highest BCUT2D eigenvalue weighted by Gasteiger charge is 2.07. The summed E-state index contributed by atoms with van der Waals surface area (Å²) >= 11 is 0. The van der Waals surface area contributed by atoms with Crippen LogP contribution in [0.2, 0.25) is 0 Å². The summed E-state index contributed by atoms with van der Waals surface area (Å²) in [5.74, 6) is 0.133.